The van der Waals surface area contributed by atoms with Gasteiger partial charge in [0.25, 0.3) is 0 Å². The lowest BCUT2D eigenvalue weighted by Gasteiger charge is -2.30. The molecule has 0 aliphatic heterocycles. The second-order valence-electron chi connectivity index (χ2n) is 10.2. The Hall–Kier alpha value is -4.18. The second kappa shape index (κ2) is 9.04. The average Bonchev–Trinajstić information content (AvgIpc) is 3.78. The number of ketones is 1. The van der Waals surface area contributed by atoms with Crippen LogP contribution in [-0.4, -0.2) is 17.4 Å². The molecule has 0 spiro atoms. The number of anilines is 1. The molecule has 1 heterocycles. The lowest BCUT2D eigenvalue weighted by Crippen LogP contribution is -2.24. The Morgan fingerprint density at radius 3 is 2.76 bits per heavy atom. The van der Waals surface area contributed by atoms with E-state index in [1.165, 1.54) is 29.6 Å². The quantitative estimate of drug-likeness (QED) is 0.411. The molecule has 1 N–H and O–H groups in total. The van der Waals surface area contributed by atoms with Crippen molar-refractivity contribution in [3.05, 3.63) is 124 Å². The van der Waals surface area contributed by atoms with Crippen molar-refractivity contribution in [3.8, 4) is 5.75 Å². The number of aromatic nitrogens is 1. The van der Waals surface area contributed by atoms with Crippen LogP contribution in [0.2, 0.25) is 0 Å². The first kappa shape index (κ1) is 22.1. The maximum atomic E-state index is 14.4. The van der Waals surface area contributed by atoms with Crippen molar-refractivity contribution in [2.45, 2.75) is 32.1 Å². The maximum Gasteiger partial charge on any atom is 0.210 e. The molecule has 1 fully saturated rings. The fourth-order valence-corrected chi connectivity index (χ4v) is 5.65. The van der Waals surface area contributed by atoms with Gasteiger partial charge < -0.3 is 10.1 Å². The van der Waals surface area contributed by atoms with Crippen LogP contribution in [0.5, 0.6) is 5.75 Å². The van der Waals surface area contributed by atoms with Crippen molar-refractivity contribution in [2.24, 2.45) is 5.92 Å². The van der Waals surface area contributed by atoms with Gasteiger partial charge in [-0.2, -0.15) is 0 Å². The highest BCUT2D eigenvalue weighted by Gasteiger charge is 2.33. The summed E-state index contributed by atoms with van der Waals surface area (Å²) in [7, 11) is 0. The zero-order valence-corrected chi connectivity index (χ0v) is 20.7. The van der Waals surface area contributed by atoms with E-state index in [4.69, 9.17) is 4.74 Å². The summed E-state index contributed by atoms with van der Waals surface area (Å²) in [5, 5.41) is 3.50. The second-order valence-corrected chi connectivity index (χ2v) is 10.2. The molecule has 1 aromatic heterocycles. The van der Waals surface area contributed by atoms with E-state index in [1.807, 2.05) is 36.4 Å². The first-order valence-electron chi connectivity index (χ1n) is 13.1. The Labute approximate surface area is 217 Å². The summed E-state index contributed by atoms with van der Waals surface area (Å²) in [5.41, 5.74) is 10.3. The van der Waals surface area contributed by atoms with Crippen LogP contribution in [0.15, 0.2) is 96.5 Å². The number of pyridine rings is 1. The zero-order chi connectivity index (χ0) is 24.8. The van der Waals surface area contributed by atoms with Crippen LogP contribution in [0, 0.1) is 5.92 Å². The third-order valence-corrected chi connectivity index (χ3v) is 7.77. The van der Waals surface area contributed by atoms with E-state index in [-0.39, 0.29) is 5.78 Å². The normalized spacial score (nSPS) is 17.9. The highest BCUT2D eigenvalue weighted by molar-refractivity contribution is 6.19. The molecule has 182 valence electrons. The largest absolute Gasteiger partial charge is 0.491 e. The van der Waals surface area contributed by atoms with Gasteiger partial charge in [-0.05, 0) is 83.2 Å². The number of allylic oxidation sites excluding steroid dienone is 8. The molecule has 37 heavy (non-hydrogen) atoms. The minimum atomic E-state index is 0.0470. The number of ether oxygens (including phenoxy) is 1. The molecule has 0 radical (unpaired) electrons. The molecular weight excluding hydrogens is 456 g/mol. The molecule has 0 atom stereocenters. The molecule has 0 amide bonds. The molecule has 4 nitrogen and oxygen atoms in total. The fraction of sp³-hybridized carbons (Fsp3) is 0.212. The van der Waals surface area contributed by atoms with E-state index in [9.17, 15) is 4.79 Å². The molecule has 1 saturated carbocycles. The highest BCUT2D eigenvalue weighted by Crippen LogP contribution is 2.43. The van der Waals surface area contributed by atoms with Gasteiger partial charge in [0.15, 0.2) is 0 Å². The summed E-state index contributed by atoms with van der Waals surface area (Å²) in [6, 6.07) is 16.3. The van der Waals surface area contributed by atoms with E-state index in [1.54, 1.807) is 12.4 Å². The predicted octanol–water partition coefficient (Wildman–Crippen LogP) is 6.96. The van der Waals surface area contributed by atoms with Gasteiger partial charge in [-0.3, -0.25) is 9.78 Å². The van der Waals surface area contributed by atoms with Crippen LogP contribution in [-0.2, 0) is 12.8 Å². The summed E-state index contributed by atoms with van der Waals surface area (Å²) in [6.45, 7) is 0.698. The van der Waals surface area contributed by atoms with Gasteiger partial charge in [-0.25, -0.2) is 0 Å². The van der Waals surface area contributed by atoms with Gasteiger partial charge in [0, 0.05) is 29.4 Å². The van der Waals surface area contributed by atoms with Gasteiger partial charge in [0.2, 0.25) is 5.78 Å². The Bertz CT molecular complexity index is 1540. The van der Waals surface area contributed by atoms with Gasteiger partial charge >= 0.3 is 0 Å². The summed E-state index contributed by atoms with van der Waals surface area (Å²) in [5.74, 6) is 1.43. The number of nitrogens with one attached hydrogen (secondary N) is 1. The topological polar surface area (TPSA) is 51.2 Å². The van der Waals surface area contributed by atoms with E-state index >= 15 is 0 Å². The van der Waals surface area contributed by atoms with Crippen LogP contribution in [0.1, 0.15) is 51.9 Å². The molecule has 0 bridgehead atoms. The van der Waals surface area contributed by atoms with Crippen molar-refractivity contribution in [1.82, 2.24) is 4.98 Å². The Balaban J connectivity index is 1.36. The van der Waals surface area contributed by atoms with E-state index in [0.717, 1.165) is 52.1 Å². The molecule has 4 aliphatic carbocycles. The van der Waals surface area contributed by atoms with E-state index in [0.29, 0.717) is 24.6 Å². The first-order valence-corrected chi connectivity index (χ1v) is 13.1. The van der Waals surface area contributed by atoms with Crippen LogP contribution in [0.4, 0.5) is 5.69 Å². The molecule has 3 aromatic rings. The number of fused-ring (bicyclic) bond motifs is 5. The highest BCUT2D eigenvalue weighted by atomic mass is 16.5. The molecule has 4 heteroatoms. The van der Waals surface area contributed by atoms with E-state index < -0.39 is 0 Å². The smallest absolute Gasteiger partial charge is 0.210 e. The maximum absolute atomic E-state index is 14.4. The standard InChI is InChI=1S/C33H28N2O2/c36-33-31-23(13-14-26-25-9-5-4-6-22(25)12-15-28(26)31)18-29(32(33)35-24-7-2-1-3-8-24)27-16-17-34-19-30(27)37-20-21-10-11-21/h1-5,7-9,12-14,16-17,19,21,35H,6,10-11,15,18,20H2. The van der Waals surface area contributed by atoms with Crippen molar-refractivity contribution in [1.29, 1.82) is 0 Å². The number of nitrogens with zero attached hydrogens (tertiary/aromatic N) is 1. The predicted molar refractivity (Wildman–Crippen MR) is 147 cm³/mol. The van der Waals surface area contributed by atoms with Crippen LogP contribution < -0.4 is 10.1 Å². The van der Waals surface area contributed by atoms with Crippen molar-refractivity contribution < 1.29 is 9.53 Å². The molecular formula is C33H28N2O2. The summed E-state index contributed by atoms with van der Waals surface area (Å²) < 4.78 is 6.23. The third-order valence-electron chi connectivity index (χ3n) is 7.77. The molecule has 4 aliphatic rings. The number of hydrogen-bond acceptors (Lipinski definition) is 4. The van der Waals surface area contributed by atoms with Crippen LogP contribution in [0.25, 0.3) is 11.1 Å². The number of Topliss-reactive ketones (excluding diaryl/α,β-unsaturated/α-hetero) is 1. The van der Waals surface area contributed by atoms with E-state index in [2.05, 4.69) is 46.7 Å². The number of hydrogen-bond donors (Lipinski definition) is 1. The Kier molecular flexibility index (Phi) is 5.39. The Morgan fingerprint density at radius 2 is 1.89 bits per heavy atom. The minimum Gasteiger partial charge on any atom is -0.491 e. The van der Waals surface area contributed by atoms with Gasteiger partial charge in [0.1, 0.15) is 5.75 Å². The van der Waals surface area contributed by atoms with Crippen molar-refractivity contribution in [2.75, 3.05) is 11.9 Å². The monoisotopic (exact) mass is 484 g/mol. The zero-order valence-electron chi connectivity index (χ0n) is 20.7. The molecule has 2 aromatic carbocycles. The average molecular weight is 485 g/mol. The molecule has 0 saturated heterocycles. The molecule has 7 rings (SSSR count). The summed E-state index contributed by atoms with van der Waals surface area (Å²) >= 11 is 0. The summed E-state index contributed by atoms with van der Waals surface area (Å²) in [6.07, 6.45) is 17.2. The lowest BCUT2D eigenvalue weighted by molar-refractivity contribution is 0.103. The first-order chi connectivity index (χ1) is 18.3. The number of para-hydroxylation sites is 1. The van der Waals surface area contributed by atoms with Gasteiger partial charge in [-0.15, -0.1) is 0 Å². The van der Waals surface area contributed by atoms with Crippen molar-refractivity contribution in [3.63, 3.8) is 0 Å². The minimum absolute atomic E-state index is 0.0470. The SMILES string of the molecule is O=C1C(Nc2ccccc2)=C(c2ccncc2OCC2CC2)Cc2ccc3c(c21)CC=C1CC=CC=C13. The summed E-state index contributed by atoms with van der Waals surface area (Å²) in [4.78, 5) is 18.7. The van der Waals surface area contributed by atoms with Crippen molar-refractivity contribution >= 4 is 22.6 Å². The fourth-order valence-electron chi connectivity index (χ4n) is 5.65. The van der Waals surface area contributed by atoms with Crippen LogP contribution in [0.3, 0.4) is 0 Å². The van der Waals surface area contributed by atoms with Gasteiger partial charge in [-0.1, -0.05) is 54.6 Å². The lowest BCUT2D eigenvalue weighted by atomic mass is 9.75. The number of benzene rings is 2. The number of rotatable bonds is 6. The van der Waals surface area contributed by atoms with Gasteiger partial charge in [0.05, 0.1) is 18.5 Å². The Morgan fingerprint density at radius 1 is 1.00 bits per heavy atom. The number of carbonyl (C=O) groups is 1. The number of carbonyl (C=O) groups excluding carboxylic acids is 1. The molecule has 0 unspecified atom stereocenters. The third kappa shape index (κ3) is 4.03. The van der Waals surface area contributed by atoms with Crippen LogP contribution >= 0.6 is 0 Å².